The van der Waals surface area contributed by atoms with E-state index in [1.54, 1.807) is 13.1 Å². The number of hydrogen-bond acceptors (Lipinski definition) is 2. The second-order valence-corrected chi connectivity index (χ2v) is 3.60. The summed E-state index contributed by atoms with van der Waals surface area (Å²) < 4.78 is 1.82. The molecule has 3 heteroatoms. The molecule has 1 atom stereocenters. The number of hydrogen-bond donors (Lipinski definition) is 1. The number of aliphatic hydroxyl groups excluding tert-OH is 1. The van der Waals surface area contributed by atoms with Gasteiger partial charge in [0.15, 0.2) is 0 Å². The van der Waals surface area contributed by atoms with Gasteiger partial charge in [-0.05, 0) is 26.3 Å². The molecule has 1 aromatic rings. The van der Waals surface area contributed by atoms with E-state index in [0.29, 0.717) is 6.04 Å². The van der Waals surface area contributed by atoms with Crippen molar-refractivity contribution in [2.45, 2.75) is 32.9 Å². The van der Waals surface area contributed by atoms with E-state index in [1.807, 2.05) is 24.7 Å². The molecule has 3 nitrogen and oxygen atoms in total. The van der Waals surface area contributed by atoms with Gasteiger partial charge in [-0.2, -0.15) is 5.10 Å². The molecule has 0 aliphatic carbocycles. The maximum absolute atomic E-state index is 9.64. The van der Waals surface area contributed by atoms with E-state index in [2.05, 4.69) is 11.7 Å². The maximum atomic E-state index is 9.64. The van der Waals surface area contributed by atoms with Crippen LogP contribution >= 0.6 is 0 Å². The van der Waals surface area contributed by atoms with Crippen LogP contribution in [-0.2, 0) is 0 Å². The van der Waals surface area contributed by atoms with Crippen molar-refractivity contribution in [3.8, 4) is 0 Å². The molecule has 0 saturated carbocycles. The molecule has 0 bridgehead atoms. The molecule has 1 aromatic heterocycles. The molecule has 0 spiro atoms. The van der Waals surface area contributed by atoms with E-state index in [1.165, 1.54) is 0 Å². The van der Waals surface area contributed by atoms with E-state index in [0.717, 1.165) is 11.1 Å². The molecule has 0 aromatic carbocycles. The molecule has 0 amide bonds. The van der Waals surface area contributed by atoms with Crippen LogP contribution in [0.5, 0.6) is 0 Å². The third kappa shape index (κ3) is 2.18. The largest absolute Gasteiger partial charge is 0.384 e. The summed E-state index contributed by atoms with van der Waals surface area (Å²) in [5.74, 6) is 0. The van der Waals surface area contributed by atoms with Gasteiger partial charge < -0.3 is 5.11 Å². The highest BCUT2D eigenvalue weighted by Gasteiger charge is 2.10. The molecule has 0 radical (unpaired) electrons. The van der Waals surface area contributed by atoms with Crippen molar-refractivity contribution in [3.05, 3.63) is 30.1 Å². The van der Waals surface area contributed by atoms with Crippen LogP contribution in [0.15, 0.2) is 24.5 Å². The summed E-state index contributed by atoms with van der Waals surface area (Å²) in [7, 11) is 0. The first-order valence-electron chi connectivity index (χ1n) is 4.40. The van der Waals surface area contributed by atoms with Crippen molar-refractivity contribution in [3.63, 3.8) is 0 Å². The Hall–Kier alpha value is -1.09. The van der Waals surface area contributed by atoms with Crippen molar-refractivity contribution in [2.75, 3.05) is 0 Å². The monoisotopic (exact) mass is 180 g/mol. The quantitative estimate of drug-likeness (QED) is 0.723. The minimum absolute atomic E-state index is 0.325. The highest BCUT2D eigenvalue weighted by molar-refractivity contribution is 5.18. The summed E-state index contributed by atoms with van der Waals surface area (Å²) in [5, 5.41) is 13.8. The molecule has 0 aliphatic heterocycles. The van der Waals surface area contributed by atoms with E-state index in [9.17, 15) is 5.11 Å². The van der Waals surface area contributed by atoms with Gasteiger partial charge in [-0.15, -0.1) is 0 Å². The van der Waals surface area contributed by atoms with E-state index < -0.39 is 6.10 Å². The fourth-order valence-electron chi connectivity index (χ4n) is 1.06. The van der Waals surface area contributed by atoms with Gasteiger partial charge in [0.2, 0.25) is 0 Å². The maximum Gasteiger partial charge on any atom is 0.103 e. The fraction of sp³-hybridized carbons (Fsp3) is 0.500. The number of aromatic nitrogens is 2. The summed E-state index contributed by atoms with van der Waals surface area (Å²) in [6.45, 7) is 9.59. The Morgan fingerprint density at radius 3 is 2.62 bits per heavy atom. The molecule has 0 aliphatic rings. The van der Waals surface area contributed by atoms with Gasteiger partial charge in [0.25, 0.3) is 0 Å². The first kappa shape index (κ1) is 9.99. The Bertz CT molecular complexity index is 302. The van der Waals surface area contributed by atoms with Crippen LogP contribution in [0, 0.1) is 0 Å². The van der Waals surface area contributed by atoms with Gasteiger partial charge in [0.05, 0.1) is 6.20 Å². The minimum Gasteiger partial charge on any atom is -0.384 e. The molecule has 13 heavy (non-hydrogen) atoms. The molecule has 1 heterocycles. The number of rotatable bonds is 3. The lowest BCUT2D eigenvalue weighted by Gasteiger charge is -2.07. The van der Waals surface area contributed by atoms with Crippen molar-refractivity contribution in [2.24, 2.45) is 0 Å². The van der Waals surface area contributed by atoms with Gasteiger partial charge in [-0.25, -0.2) is 0 Å². The van der Waals surface area contributed by atoms with Crippen molar-refractivity contribution in [1.82, 2.24) is 9.78 Å². The van der Waals surface area contributed by atoms with Gasteiger partial charge in [-0.3, -0.25) is 4.68 Å². The molecule has 1 N–H and O–H groups in total. The fourth-order valence-corrected chi connectivity index (χ4v) is 1.06. The van der Waals surface area contributed by atoms with Crippen LogP contribution in [0.1, 0.15) is 38.5 Å². The second-order valence-electron chi connectivity index (χ2n) is 3.60. The van der Waals surface area contributed by atoms with Crippen LogP contribution in [-0.4, -0.2) is 14.9 Å². The van der Waals surface area contributed by atoms with Crippen LogP contribution < -0.4 is 0 Å². The van der Waals surface area contributed by atoms with Crippen molar-refractivity contribution < 1.29 is 5.11 Å². The normalized spacial score (nSPS) is 13.3. The molecule has 72 valence electrons. The molecule has 1 unspecified atom stereocenters. The highest BCUT2D eigenvalue weighted by Crippen LogP contribution is 2.19. The molecular formula is C10H16N2O. The summed E-state index contributed by atoms with van der Waals surface area (Å²) in [6, 6.07) is 0.325. The average Bonchev–Trinajstić information content (AvgIpc) is 2.50. The number of aliphatic hydroxyl groups is 1. The Morgan fingerprint density at radius 1 is 1.62 bits per heavy atom. The smallest absolute Gasteiger partial charge is 0.103 e. The number of nitrogens with zero attached hydrogens (tertiary/aromatic N) is 2. The van der Waals surface area contributed by atoms with Crippen molar-refractivity contribution in [1.29, 1.82) is 0 Å². The zero-order valence-corrected chi connectivity index (χ0v) is 8.36. The average molecular weight is 180 g/mol. The summed E-state index contributed by atoms with van der Waals surface area (Å²) in [5.41, 5.74) is 1.55. The van der Waals surface area contributed by atoms with E-state index in [-0.39, 0.29) is 0 Å². The topological polar surface area (TPSA) is 38.1 Å². The Balaban J connectivity index is 2.85. The predicted octanol–water partition coefficient (Wildman–Crippen LogP) is 2.07. The highest BCUT2D eigenvalue weighted by atomic mass is 16.3. The Labute approximate surface area is 78.7 Å². The SMILES string of the molecule is C=C(C)C(O)c1cnn(C(C)C)c1. The minimum atomic E-state index is -0.590. The van der Waals surface area contributed by atoms with E-state index >= 15 is 0 Å². The lowest BCUT2D eigenvalue weighted by Crippen LogP contribution is -2.01. The summed E-state index contributed by atoms with van der Waals surface area (Å²) in [6.07, 6.45) is 2.94. The lowest BCUT2D eigenvalue weighted by atomic mass is 10.1. The zero-order valence-electron chi connectivity index (χ0n) is 8.36. The van der Waals surface area contributed by atoms with Crippen LogP contribution in [0.25, 0.3) is 0 Å². The van der Waals surface area contributed by atoms with Crippen LogP contribution in [0.2, 0.25) is 0 Å². The summed E-state index contributed by atoms with van der Waals surface area (Å²) >= 11 is 0. The predicted molar refractivity (Wildman–Crippen MR) is 52.4 cm³/mol. The van der Waals surface area contributed by atoms with Crippen LogP contribution in [0.4, 0.5) is 0 Å². The van der Waals surface area contributed by atoms with Gasteiger partial charge in [0.1, 0.15) is 6.10 Å². The Morgan fingerprint density at radius 2 is 2.23 bits per heavy atom. The van der Waals surface area contributed by atoms with Gasteiger partial charge >= 0.3 is 0 Å². The molecular weight excluding hydrogens is 164 g/mol. The third-order valence-corrected chi connectivity index (χ3v) is 1.93. The Kier molecular flexibility index (Phi) is 2.88. The third-order valence-electron chi connectivity index (χ3n) is 1.93. The van der Waals surface area contributed by atoms with Crippen LogP contribution in [0.3, 0.4) is 0 Å². The van der Waals surface area contributed by atoms with E-state index in [4.69, 9.17) is 0 Å². The zero-order chi connectivity index (χ0) is 10.0. The molecule has 0 saturated heterocycles. The molecule has 1 rings (SSSR count). The first-order chi connectivity index (χ1) is 6.02. The second kappa shape index (κ2) is 3.75. The van der Waals surface area contributed by atoms with Crippen molar-refractivity contribution >= 4 is 0 Å². The molecule has 0 fully saturated rings. The van der Waals surface area contributed by atoms with Gasteiger partial charge in [-0.1, -0.05) is 6.58 Å². The lowest BCUT2D eigenvalue weighted by molar-refractivity contribution is 0.216. The van der Waals surface area contributed by atoms with Gasteiger partial charge in [0, 0.05) is 17.8 Å². The summed E-state index contributed by atoms with van der Waals surface area (Å²) in [4.78, 5) is 0. The standard InChI is InChI=1S/C10H16N2O/c1-7(2)10(13)9-5-11-12(6-9)8(3)4/h5-6,8,10,13H,1H2,2-4H3. The first-order valence-corrected chi connectivity index (χ1v) is 4.40.